The number of nitrogens with two attached hydrogens (primary N) is 1. The Morgan fingerprint density at radius 3 is 2.38 bits per heavy atom. The molecule has 3 heteroatoms. The molecular weight excluding hydrogens is 166 g/mol. The van der Waals surface area contributed by atoms with Gasteiger partial charge in [0.2, 0.25) is 0 Å². The third-order valence-corrected chi connectivity index (χ3v) is 2.13. The zero-order chi connectivity index (χ0) is 9.84. The molecule has 72 valence electrons. The van der Waals surface area contributed by atoms with Crippen LogP contribution in [0.5, 0.6) is 11.5 Å². The summed E-state index contributed by atoms with van der Waals surface area (Å²) in [6.45, 7) is 2.50. The van der Waals surface area contributed by atoms with E-state index in [2.05, 4.69) is 0 Å². The number of methoxy groups -OCH3 is 2. The summed E-state index contributed by atoms with van der Waals surface area (Å²) in [6, 6.07) is 3.82. The van der Waals surface area contributed by atoms with Crippen LogP contribution in [0.1, 0.15) is 11.1 Å². The van der Waals surface area contributed by atoms with Gasteiger partial charge in [0.1, 0.15) is 0 Å². The first kappa shape index (κ1) is 9.86. The van der Waals surface area contributed by atoms with E-state index in [-0.39, 0.29) is 0 Å². The summed E-state index contributed by atoms with van der Waals surface area (Å²) < 4.78 is 10.4. The highest BCUT2D eigenvalue weighted by Gasteiger charge is 2.09. The van der Waals surface area contributed by atoms with Crippen LogP contribution >= 0.6 is 0 Å². The summed E-state index contributed by atoms with van der Waals surface area (Å²) in [6.07, 6.45) is 0. The van der Waals surface area contributed by atoms with Crippen molar-refractivity contribution in [1.82, 2.24) is 0 Å². The molecule has 0 aliphatic carbocycles. The Kier molecular flexibility index (Phi) is 3.14. The average molecular weight is 181 g/mol. The van der Waals surface area contributed by atoms with Crippen molar-refractivity contribution < 1.29 is 9.47 Å². The van der Waals surface area contributed by atoms with E-state index in [4.69, 9.17) is 15.2 Å². The fraction of sp³-hybridized carbons (Fsp3) is 0.400. The van der Waals surface area contributed by atoms with E-state index in [9.17, 15) is 0 Å². The molecule has 0 aliphatic rings. The standard InChI is InChI=1S/C10H15NO2/c1-7-8(6-11)4-5-9(12-2)10(7)13-3/h4-5H,6,11H2,1-3H3. The molecule has 3 nitrogen and oxygen atoms in total. The fourth-order valence-corrected chi connectivity index (χ4v) is 1.34. The first-order valence-corrected chi connectivity index (χ1v) is 4.15. The Bertz CT molecular complexity index is 297. The van der Waals surface area contributed by atoms with E-state index < -0.39 is 0 Å². The van der Waals surface area contributed by atoms with Crippen molar-refractivity contribution in [3.8, 4) is 11.5 Å². The molecular formula is C10H15NO2. The molecule has 0 saturated carbocycles. The van der Waals surface area contributed by atoms with Crippen molar-refractivity contribution in [1.29, 1.82) is 0 Å². The maximum Gasteiger partial charge on any atom is 0.163 e. The second-order valence-electron chi connectivity index (χ2n) is 2.79. The molecule has 1 aromatic carbocycles. The lowest BCUT2D eigenvalue weighted by atomic mass is 10.1. The Morgan fingerprint density at radius 1 is 1.23 bits per heavy atom. The topological polar surface area (TPSA) is 44.5 Å². The predicted octanol–water partition coefficient (Wildman–Crippen LogP) is 1.47. The van der Waals surface area contributed by atoms with Gasteiger partial charge in [-0.1, -0.05) is 6.07 Å². The first-order chi connectivity index (χ1) is 6.24. The van der Waals surface area contributed by atoms with Crippen molar-refractivity contribution in [2.75, 3.05) is 14.2 Å². The Morgan fingerprint density at radius 2 is 1.92 bits per heavy atom. The molecule has 0 fully saturated rings. The number of hydrogen-bond donors (Lipinski definition) is 1. The highest BCUT2D eigenvalue weighted by atomic mass is 16.5. The summed E-state index contributed by atoms with van der Waals surface area (Å²) in [5.41, 5.74) is 7.70. The average Bonchev–Trinajstić information content (AvgIpc) is 2.17. The molecule has 0 heterocycles. The van der Waals surface area contributed by atoms with Crippen LogP contribution in [-0.4, -0.2) is 14.2 Å². The quantitative estimate of drug-likeness (QED) is 0.768. The molecule has 0 radical (unpaired) electrons. The van der Waals surface area contributed by atoms with Gasteiger partial charge in [0, 0.05) is 6.54 Å². The monoisotopic (exact) mass is 181 g/mol. The molecule has 13 heavy (non-hydrogen) atoms. The minimum atomic E-state index is 0.520. The number of rotatable bonds is 3. The smallest absolute Gasteiger partial charge is 0.163 e. The lowest BCUT2D eigenvalue weighted by molar-refractivity contribution is 0.352. The van der Waals surface area contributed by atoms with Crippen LogP contribution in [0, 0.1) is 6.92 Å². The van der Waals surface area contributed by atoms with Crippen molar-refractivity contribution in [2.24, 2.45) is 5.73 Å². The predicted molar refractivity (Wildman–Crippen MR) is 52.2 cm³/mol. The summed E-state index contributed by atoms with van der Waals surface area (Å²) in [5, 5.41) is 0. The van der Waals surface area contributed by atoms with Crippen molar-refractivity contribution >= 4 is 0 Å². The second kappa shape index (κ2) is 4.14. The summed E-state index contributed by atoms with van der Waals surface area (Å²) >= 11 is 0. The van der Waals surface area contributed by atoms with Crippen LogP contribution in [0.3, 0.4) is 0 Å². The Balaban J connectivity index is 3.23. The van der Waals surface area contributed by atoms with E-state index in [0.717, 1.165) is 22.6 Å². The lowest BCUT2D eigenvalue weighted by Gasteiger charge is -2.12. The van der Waals surface area contributed by atoms with Gasteiger partial charge in [-0.15, -0.1) is 0 Å². The Labute approximate surface area is 78.5 Å². The molecule has 0 unspecified atom stereocenters. The van der Waals surface area contributed by atoms with Crippen LogP contribution in [-0.2, 0) is 6.54 Å². The highest BCUT2D eigenvalue weighted by molar-refractivity contribution is 5.49. The maximum atomic E-state index is 5.57. The summed E-state index contributed by atoms with van der Waals surface area (Å²) in [5.74, 6) is 1.52. The third kappa shape index (κ3) is 1.75. The van der Waals surface area contributed by atoms with E-state index in [0.29, 0.717) is 6.54 Å². The highest BCUT2D eigenvalue weighted by Crippen LogP contribution is 2.32. The molecule has 1 aromatic rings. The van der Waals surface area contributed by atoms with Crippen molar-refractivity contribution in [3.05, 3.63) is 23.3 Å². The first-order valence-electron chi connectivity index (χ1n) is 4.15. The van der Waals surface area contributed by atoms with Gasteiger partial charge in [-0.05, 0) is 24.1 Å². The molecule has 1 rings (SSSR count). The van der Waals surface area contributed by atoms with Crippen LogP contribution in [0.25, 0.3) is 0 Å². The third-order valence-electron chi connectivity index (χ3n) is 2.13. The molecule has 0 aliphatic heterocycles. The van der Waals surface area contributed by atoms with Gasteiger partial charge in [-0.3, -0.25) is 0 Å². The molecule has 0 bridgehead atoms. The van der Waals surface area contributed by atoms with E-state index in [1.807, 2.05) is 19.1 Å². The summed E-state index contributed by atoms with van der Waals surface area (Å²) in [4.78, 5) is 0. The SMILES string of the molecule is COc1ccc(CN)c(C)c1OC. The molecule has 0 atom stereocenters. The molecule has 2 N–H and O–H groups in total. The minimum Gasteiger partial charge on any atom is -0.493 e. The van der Waals surface area contributed by atoms with Crippen molar-refractivity contribution in [2.45, 2.75) is 13.5 Å². The second-order valence-corrected chi connectivity index (χ2v) is 2.79. The number of ether oxygens (including phenoxy) is 2. The molecule has 0 spiro atoms. The van der Waals surface area contributed by atoms with Gasteiger partial charge < -0.3 is 15.2 Å². The zero-order valence-electron chi connectivity index (χ0n) is 8.26. The van der Waals surface area contributed by atoms with Crippen LogP contribution < -0.4 is 15.2 Å². The Hall–Kier alpha value is -1.22. The molecule has 0 saturated heterocycles. The van der Waals surface area contributed by atoms with E-state index in [1.54, 1.807) is 14.2 Å². The van der Waals surface area contributed by atoms with Crippen LogP contribution in [0.2, 0.25) is 0 Å². The van der Waals surface area contributed by atoms with Gasteiger partial charge in [-0.25, -0.2) is 0 Å². The fourth-order valence-electron chi connectivity index (χ4n) is 1.34. The van der Waals surface area contributed by atoms with Gasteiger partial charge in [0.15, 0.2) is 11.5 Å². The molecule has 0 aromatic heterocycles. The van der Waals surface area contributed by atoms with Gasteiger partial charge in [0.25, 0.3) is 0 Å². The van der Waals surface area contributed by atoms with Gasteiger partial charge in [0.05, 0.1) is 14.2 Å². The largest absolute Gasteiger partial charge is 0.493 e. The minimum absolute atomic E-state index is 0.520. The number of hydrogen-bond acceptors (Lipinski definition) is 3. The summed E-state index contributed by atoms with van der Waals surface area (Å²) in [7, 11) is 3.25. The number of benzene rings is 1. The van der Waals surface area contributed by atoms with E-state index in [1.165, 1.54) is 0 Å². The van der Waals surface area contributed by atoms with Crippen LogP contribution in [0.4, 0.5) is 0 Å². The van der Waals surface area contributed by atoms with Crippen molar-refractivity contribution in [3.63, 3.8) is 0 Å². The zero-order valence-corrected chi connectivity index (χ0v) is 8.26. The van der Waals surface area contributed by atoms with Gasteiger partial charge in [-0.2, -0.15) is 0 Å². The lowest BCUT2D eigenvalue weighted by Crippen LogP contribution is -2.02. The normalized spacial score (nSPS) is 9.85. The van der Waals surface area contributed by atoms with Crippen LogP contribution in [0.15, 0.2) is 12.1 Å². The maximum absolute atomic E-state index is 5.57. The molecule has 0 amide bonds. The van der Waals surface area contributed by atoms with E-state index >= 15 is 0 Å². The van der Waals surface area contributed by atoms with Gasteiger partial charge >= 0.3 is 0 Å².